The van der Waals surface area contributed by atoms with Crippen molar-refractivity contribution < 1.29 is 9.53 Å². The lowest BCUT2D eigenvalue weighted by Crippen LogP contribution is -2.09. The van der Waals surface area contributed by atoms with E-state index in [1.807, 2.05) is 12.1 Å². The summed E-state index contributed by atoms with van der Waals surface area (Å²) in [6.07, 6.45) is 10.1. The van der Waals surface area contributed by atoms with Gasteiger partial charge in [0.1, 0.15) is 5.82 Å². The molecule has 0 saturated heterocycles. The molecule has 0 bridgehead atoms. The van der Waals surface area contributed by atoms with Gasteiger partial charge < -0.3 is 15.4 Å². The van der Waals surface area contributed by atoms with Crippen LogP contribution in [0.15, 0.2) is 48.2 Å². The first-order valence-corrected chi connectivity index (χ1v) is 8.95. The molecule has 6 heteroatoms. The number of aromatic nitrogens is 2. The van der Waals surface area contributed by atoms with Crippen LogP contribution in [0.1, 0.15) is 42.5 Å². The first kappa shape index (κ1) is 17.9. The van der Waals surface area contributed by atoms with Gasteiger partial charge in [0.15, 0.2) is 0 Å². The van der Waals surface area contributed by atoms with E-state index in [4.69, 9.17) is 4.74 Å². The lowest BCUT2D eigenvalue weighted by atomic mass is 9.97. The minimum absolute atomic E-state index is 0.400. The summed E-state index contributed by atoms with van der Waals surface area (Å²) >= 11 is 0. The van der Waals surface area contributed by atoms with Crippen LogP contribution in [0.5, 0.6) is 0 Å². The first-order valence-electron chi connectivity index (χ1n) is 8.95. The highest BCUT2D eigenvalue weighted by Crippen LogP contribution is 2.21. The van der Waals surface area contributed by atoms with Gasteiger partial charge in [-0.05, 0) is 50.3 Å². The van der Waals surface area contributed by atoms with Gasteiger partial charge in [-0.3, -0.25) is 0 Å². The molecule has 3 rings (SSSR count). The lowest BCUT2D eigenvalue weighted by molar-refractivity contribution is 0.0602. The van der Waals surface area contributed by atoms with E-state index in [1.165, 1.54) is 38.4 Å². The second kappa shape index (κ2) is 8.99. The normalized spacial score (nSPS) is 13.7. The van der Waals surface area contributed by atoms with Crippen LogP contribution in [-0.2, 0) is 4.74 Å². The second-order valence-electron chi connectivity index (χ2n) is 6.21. The van der Waals surface area contributed by atoms with E-state index < -0.39 is 5.97 Å². The maximum atomic E-state index is 11.9. The number of methoxy groups -OCH3 is 1. The van der Waals surface area contributed by atoms with Crippen molar-refractivity contribution in [1.29, 1.82) is 0 Å². The van der Waals surface area contributed by atoms with Crippen molar-refractivity contribution in [2.45, 2.75) is 32.1 Å². The molecule has 1 aliphatic rings. The zero-order valence-corrected chi connectivity index (χ0v) is 15.0. The van der Waals surface area contributed by atoms with Crippen LogP contribution >= 0.6 is 0 Å². The zero-order valence-electron chi connectivity index (χ0n) is 15.0. The van der Waals surface area contributed by atoms with Crippen LogP contribution in [0.3, 0.4) is 0 Å². The van der Waals surface area contributed by atoms with Crippen molar-refractivity contribution in [2.24, 2.45) is 0 Å². The minimum Gasteiger partial charge on any atom is -0.465 e. The number of esters is 1. The highest BCUT2D eigenvalue weighted by atomic mass is 16.5. The van der Waals surface area contributed by atoms with Crippen LogP contribution in [0, 0.1) is 0 Å². The molecule has 0 saturated carbocycles. The Morgan fingerprint density at radius 1 is 1.23 bits per heavy atom. The van der Waals surface area contributed by atoms with Crippen molar-refractivity contribution in [1.82, 2.24) is 9.97 Å². The number of carbonyl (C=O) groups is 1. The number of para-hydroxylation sites is 1. The smallest absolute Gasteiger partial charge is 0.339 e. The van der Waals surface area contributed by atoms with E-state index in [2.05, 4.69) is 26.7 Å². The molecule has 0 fully saturated rings. The molecule has 1 aliphatic carbocycles. The quantitative estimate of drug-likeness (QED) is 0.571. The summed E-state index contributed by atoms with van der Waals surface area (Å²) in [5, 5.41) is 6.44. The van der Waals surface area contributed by atoms with Gasteiger partial charge in [-0.15, -0.1) is 0 Å². The lowest BCUT2D eigenvalue weighted by Gasteiger charge is -2.13. The molecule has 0 radical (unpaired) electrons. The standard InChI is InChI=1S/C20H24N4O2/c1-26-19(25)16-9-5-6-10-17(16)23-20-22-14-12-18(24-20)21-13-11-15-7-3-2-4-8-15/h5-7,9-10,12,14H,2-4,8,11,13H2,1H3,(H2,21,22,23,24). The number of hydrogen-bond donors (Lipinski definition) is 2. The molecule has 0 atom stereocenters. The highest BCUT2D eigenvalue weighted by Gasteiger charge is 2.12. The number of benzene rings is 1. The van der Waals surface area contributed by atoms with Crippen molar-refractivity contribution in [2.75, 3.05) is 24.3 Å². The molecule has 1 heterocycles. The molecule has 0 aliphatic heterocycles. The first-order chi connectivity index (χ1) is 12.8. The number of nitrogens with zero attached hydrogens (tertiary/aromatic N) is 2. The maximum absolute atomic E-state index is 11.9. The van der Waals surface area contributed by atoms with E-state index in [1.54, 1.807) is 24.4 Å². The van der Waals surface area contributed by atoms with Crippen LogP contribution in [0.4, 0.5) is 17.5 Å². The van der Waals surface area contributed by atoms with Gasteiger partial charge in [-0.25, -0.2) is 9.78 Å². The van der Waals surface area contributed by atoms with Crippen LogP contribution in [0.25, 0.3) is 0 Å². The third-order valence-corrected chi connectivity index (χ3v) is 4.37. The second-order valence-corrected chi connectivity index (χ2v) is 6.21. The predicted octanol–water partition coefficient (Wildman–Crippen LogP) is 4.31. The monoisotopic (exact) mass is 352 g/mol. The summed E-state index contributed by atoms with van der Waals surface area (Å²) in [6, 6.07) is 8.97. The Kier molecular flexibility index (Phi) is 6.19. The van der Waals surface area contributed by atoms with Gasteiger partial charge in [-0.2, -0.15) is 4.98 Å². The summed E-state index contributed by atoms with van der Waals surface area (Å²) in [6.45, 7) is 0.848. The van der Waals surface area contributed by atoms with E-state index in [9.17, 15) is 4.79 Å². The number of anilines is 3. The maximum Gasteiger partial charge on any atom is 0.339 e. The fraction of sp³-hybridized carbons (Fsp3) is 0.350. The number of rotatable bonds is 7. The minimum atomic E-state index is -0.400. The Bertz CT molecular complexity index is 789. The molecular formula is C20H24N4O2. The average molecular weight is 352 g/mol. The Morgan fingerprint density at radius 2 is 2.12 bits per heavy atom. The SMILES string of the molecule is COC(=O)c1ccccc1Nc1nccc(NCCC2=CCCCC2)n1. The van der Waals surface area contributed by atoms with Crippen molar-refractivity contribution in [3.05, 3.63) is 53.7 Å². The number of ether oxygens (including phenoxy) is 1. The summed E-state index contributed by atoms with van der Waals surface area (Å²) in [5.41, 5.74) is 2.59. The highest BCUT2D eigenvalue weighted by molar-refractivity contribution is 5.96. The van der Waals surface area contributed by atoms with Gasteiger partial charge in [0.05, 0.1) is 18.4 Å². The molecule has 2 aromatic rings. The molecule has 0 spiro atoms. The van der Waals surface area contributed by atoms with E-state index >= 15 is 0 Å². The number of hydrogen-bond acceptors (Lipinski definition) is 6. The van der Waals surface area contributed by atoms with Gasteiger partial charge in [-0.1, -0.05) is 23.8 Å². The van der Waals surface area contributed by atoms with E-state index in [0.29, 0.717) is 17.2 Å². The fourth-order valence-electron chi connectivity index (χ4n) is 3.00. The van der Waals surface area contributed by atoms with Gasteiger partial charge >= 0.3 is 5.97 Å². The topological polar surface area (TPSA) is 76.1 Å². The Balaban J connectivity index is 1.62. The van der Waals surface area contributed by atoms with Gasteiger partial charge in [0.2, 0.25) is 5.95 Å². The van der Waals surface area contributed by atoms with Crippen molar-refractivity contribution in [3.63, 3.8) is 0 Å². The Labute approximate surface area is 153 Å². The summed E-state index contributed by atoms with van der Waals surface area (Å²) < 4.78 is 4.81. The van der Waals surface area contributed by atoms with Gasteiger partial charge in [0, 0.05) is 12.7 Å². The van der Waals surface area contributed by atoms with Crippen LogP contribution in [-0.4, -0.2) is 29.6 Å². The molecule has 1 aromatic heterocycles. The summed E-state index contributed by atoms with van der Waals surface area (Å²) in [4.78, 5) is 20.6. The zero-order chi connectivity index (χ0) is 18.2. The molecule has 26 heavy (non-hydrogen) atoms. The Morgan fingerprint density at radius 3 is 2.92 bits per heavy atom. The number of nitrogens with one attached hydrogen (secondary N) is 2. The molecule has 0 amide bonds. The Hall–Kier alpha value is -2.89. The summed E-state index contributed by atoms with van der Waals surface area (Å²) in [5.74, 6) is 0.792. The van der Waals surface area contributed by atoms with Gasteiger partial charge in [0.25, 0.3) is 0 Å². The van der Waals surface area contributed by atoms with Crippen molar-refractivity contribution in [3.8, 4) is 0 Å². The summed E-state index contributed by atoms with van der Waals surface area (Å²) in [7, 11) is 1.36. The molecular weight excluding hydrogens is 328 g/mol. The number of carbonyl (C=O) groups excluding carboxylic acids is 1. The molecule has 136 valence electrons. The molecule has 1 aromatic carbocycles. The predicted molar refractivity (Wildman–Crippen MR) is 103 cm³/mol. The largest absolute Gasteiger partial charge is 0.465 e. The molecule has 0 unspecified atom stereocenters. The third-order valence-electron chi connectivity index (χ3n) is 4.37. The van der Waals surface area contributed by atoms with Crippen molar-refractivity contribution >= 4 is 23.4 Å². The number of allylic oxidation sites excluding steroid dienone is 1. The average Bonchev–Trinajstić information content (AvgIpc) is 2.69. The fourth-order valence-corrected chi connectivity index (χ4v) is 3.00. The van der Waals surface area contributed by atoms with E-state index in [0.717, 1.165) is 18.8 Å². The van der Waals surface area contributed by atoms with Crippen LogP contribution < -0.4 is 10.6 Å². The van der Waals surface area contributed by atoms with Crippen LogP contribution in [0.2, 0.25) is 0 Å². The molecule has 6 nitrogen and oxygen atoms in total. The molecule has 2 N–H and O–H groups in total. The van der Waals surface area contributed by atoms with E-state index in [-0.39, 0.29) is 0 Å². The third kappa shape index (κ3) is 4.81.